The number of nitrogens with one attached hydrogen (secondary N) is 2. The highest BCUT2D eigenvalue weighted by Crippen LogP contribution is 2.12. The van der Waals surface area contributed by atoms with E-state index < -0.39 is 0 Å². The molecule has 7 heteroatoms. The Morgan fingerprint density at radius 2 is 1.60 bits per heavy atom. The van der Waals surface area contributed by atoms with Crippen LogP contribution in [0.3, 0.4) is 0 Å². The van der Waals surface area contributed by atoms with E-state index >= 15 is 0 Å². The third kappa shape index (κ3) is 7.55. The van der Waals surface area contributed by atoms with Gasteiger partial charge in [-0.3, -0.25) is 4.99 Å². The average molecular weight is 518 g/mol. The molecule has 0 aliphatic heterocycles. The molecule has 0 aliphatic rings. The number of aliphatic imine (C=N–C) groups is 1. The second-order valence-electron chi connectivity index (χ2n) is 6.40. The largest absolute Gasteiger partial charge is 0.497 e. The predicted octanol–water partition coefficient (Wildman–Crippen LogP) is 4.15. The summed E-state index contributed by atoms with van der Waals surface area (Å²) >= 11 is 0. The zero-order chi connectivity index (χ0) is 20.3. The van der Waals surface area contributed by atoms with Gasteiger partial charge in [-0.1, -0.05) is 42.5 Å². The molecule has 0 amide bonds. The third-order valence-electron chi connectivity index (χ3n) is 4.33. The Balaban J connectivity index is 0.00000320. The van der Waals surface area contributed by atoms with E-state index in [1.165, 1.54) is 0 Å². The Bertz CT molecular complexity index is 918. The SMILES string of the molecule is CN=C(NCc1ccc(OC)cc1)NCc1ccnc(OCc2ccccc2)c1.I. The van der Waals surface area contributed by atoms with E-state index in [-0.39, 0.29) is 24.0 Å². The molecule has 0 atom stereocenters. The molecule has 0 saturated carbocycles. The van der Waals surface area contributed by atoms with Crippen molar-refractivity contribution in [2.75, 3.05) is 14.2 Å². The molecule has 0 bridgehead atoms. The minimum atomic E-state index is 0. The van der Waals surface area contributed by atoms with E-state index in [1.807, 2.05) is 66.7 Å². The third-order valence-corrected chi connectivity index (χ3v) is 4.33. The molecule has 3 rings (SSSR count). The van der Waals surface area contributed by atoms with Crippen molar-refractivity contribution in [2.24, 2.45) is 4.99 Å². The van der Waals surface area contributed by atoms with Crippen molar-refractivity contribution in [2.45, 2.75) is 19.7 Å². The molecule has 3 aromatic rings. The van der Waals surface area contributed by atoms with Gasteiger partial charge < -0.3 is 20.1 Å². The lowest BCUT2D eigenvalue weighted by Crippen LogP contribution is -2.36. The first-order valence-corrected chi connectivity index (χ1v) is 9.46. The van der Waals surface area contributed by atoms with Crippen molar-refractivity contribution in [1.82, 2.24) is 15.6 Å². The Morgan fingerprint density at radius 1 is 0.900 bits per heavy atom. The molecule has 1 heterocycles. The first-order chi connectivity index (χ1) is 14.3. The van der Waals surface area contributed by atoms with Gasteiger partial charge in [0.1, 0.15) is 12.4 Å². The molecule has 0 unspecified atom stereocenters. The summed E-state index contributed by atoms with van der Waals surface area (Å²) in [6.07, 6.45) is 1.75. The van der Waals surface area contributed by atoms with E-state index in [0.29, 0.717) is 25.6 Å². The van der Waals surface area contributed by atoms with E-state index in [0.717, 1.165) is 28.4 Å². The van der Waals surface area contributed by atoms with Gasteiger partial charge in [-0.25, -0.2) is 4.98 Å². The van der Waals surface area contributed by atoms with Crippen molar-refractivity contribution in [1.29, 1.82) is 0 Å². The zero-order valence-corrected chi connectivity index (χ0v) is 19.5. The maximum Gasteiger partial charge on any atom is 0.213 e. The standard InChI is InChI=1S/C23H26N4O2.HI/c1-24-23(26-15-18-8-10-21(28-2)11-9-18)27-16-20-12-13-25-22(14-20)29-17-19-6-4-3-5-7-19;/h3-14H,15-17H2,1-2H3,(H2,24,26,27);1H. The monoisotopic (exact) mass is 518 g/mol. The van der Waals surface area contributed by atoms with Crippen LogP contribution >= 0.6 is 24.0 Å². The second kappa shape index (κ2) is 12.7. The van der Waals surface area contributed by atoms with Gasteiger partial charge in [-0.15, -0.1) is 24.0 Å². The number of nitrogens with zero attached hydrogens (tertiary/aromatic N) is 2. The van der Waals surface area contributed by atoms with Crippen LogP contribution in [0.15, 0.2) is 77.9 Å². The van der Waals surface area contributed by atoms with Crippen LogP contribution in [0.1, 0.15) is 16.7 Å². The molecule has 0 fully saturated rings. The summed E-state index contributed by atoms with van der Waals surface area (Å²) in [4.78, 5) is 8.56. The minimum absolute atomic E-state index is 0. The highest BCUT2D eigenvalue weighted by Gasteiger charge is 2.03. The lowest BCUT2D eigenvalue weighted by Gasteiger charge is -2.13. The molecule has 0 aliphatic carbocycles. The summed E-state index contributed by atoms with van der Waals surface area (Å²) in [5.41, 5.74) is 3.32. The molecular weight excluding hydrogens is 491 g/mol. The molecule has 158 valence electrons. The van der Waals surface area contributed by atoms with Gasteiger partial charge in [0, 0.05) is 32.4 Å². The highest BCUT2D eigenvalue weighted by atomic mass is 127. The molecule has 2 aromatic carbocycles. The second-order valence-corrected chi connectivity index (χ2v) is 6.40. The van der Waals surface area contributed by atoms with Crippen molar-refractivity contribution in [3.63, 3.8) is 0 Å². The van der Waals surface area contributed by atoms with Crippen molar-refractivity contribution >= 4 is 29.9 Å². The fourth-order valence-corrected chi connectivity index (χ4v) is 2.71. The summed E-state index contributed by atoms with van der Waals surface area (Å²) < 4.78 is 11.0. The maximum atomic E-state index is 5.80. The lowest BCUT2D eigenvalue weighted by atomic mass is 10.2. The van der Waals surface area contributed by atoms with Gasteiger partial charge in [-0.05, 0) is 34.9 Å². The molecule has 0 saturated heterocycles. The highest BCUT2D eigenvalue weighted by molar-refractivity contribution is 14.0. The van der Waals surface area contributed by atoms with Crippen molar-refractivity contribution in [3.8, 4) is 11.6 Å². The van der Waals surface area contributed by atoms with E-state index in [2.05, 4.69) is 20.6 Å². The number of rotatable bonds is 8. The van der Waals surface area contributed by atoms with Crippen LogP contribution in [0, 0.1) is 0 Å². The van der Waals surface area contributed by atoms with Crippen LogP contribution < -0.4 is 20.1 Å². The van der Waals surface area contributed by atoms with Crippen LogP contribution in [0.2, 0.25) is 0 Å². The van der Waals surface area contributed by atoms with Crippen LogP contribution in [0.25, 0.3) is 0 Å². The summed E-state index contributed by atoms with van der Waals surface area (Å²) in [6.45, 7) is 1.79. The number of halogens is 1. The zero-order valence-electron chi connectivity index (χ0n) is 17.2. The number of aromatic nitrogens is 1. The summed E-state index contributed by atoms with van der Waals surface area (Å²) in [6, 6.07) is 21.9. The molecule has 0 radical (unpaired) electrons. The number of benzene rings is 2. The summed E-state index contributed by atoms with van der Waals surface area (Å²) in [5, 5.41) is 6.62. The van der Waals surface area contributed by atoms with Gasteiger partial charge >= 0.3 is 0 Å². The Kier molecular flexibility index (Phi) is 9.93. The Hall–Kier alpha value is -2.81. The molecular formula is C23H27IN4O2. The number of hydrogen-bond donors (Lipinski definition) is 2. The number of hydrogen-bond acceptors (Lipinski definition) is 4. The maximum absolute atomic E-state index is 5.80. The van der Waals surface area contributed by atoms with Crippen molar-refractivity contribution in [3.05, 3.63) is 89.6 Å². The minimum Gasteiger partial charge on any atom is -0.497 e. The number of guanidine groups is 1. The fraction of sp³-hybridized carbons (Fsp3) is 0.217. The van der Waals surface area contributed by atoms with Crippen LogP contribution in [0.4, 0.5) is 0 Å². The lowest BCUT2D eigenvalue weighted by molar-refractivity contribution is 0.293. The Labute approximate surface area is 194 Å². The number of pyridine rings is 1. The smallest absolute Gasteiger partial charge is 0.213 e. The number of ether oxygens (including phenoxy) is 2. The van der Waals surface area contributed by atoms with Gasteiger partial charge in [0.15, 0.2) is 5.96 Å². The quantitative estimate of drug-likeness (QED) is 0.267. The van der Waals surface area contributed by atoms with E-state index in [4.69, 9.17) is 9.47 Å². The normalized spacial score (nSPS) is 10.7. The first kappa shape index (κ1) is 23.5. The van der Waals surface area contributed by atoms with E-state index in [1.54, 1.807) is 20.4 Å². The number of methoxy groups -OCH3 is 1. The molecule has 1 aromatic heterocycles. The molecule has 0 spiro atoms. The van der Waals surface area contributed by atoms with E-state index in [9.17, 15) is 0 Å². The first-order valence-electron chi connectivity index (χ1n) is 9.46. The summed E-state index contributed by atoms with van der Waals surface area (Å²) in [7, 11) is 3.42. The van der Waals surface area contributed by atoms with Gasteiger partial charge in [-0.2, -0.15) is 0 Å². The summed E-state index contributed by atoms with van der Waals surface area (Å²) in [5.74, 6) is 2.18. The van der Waals surface area contributed by atoms with Crippen LogP contribution in [-0.2, 0) is 19.7 Å². The Morgan fingerprint density at radius 3 is 2.27 bits per heavy atom. The predicted molar refractivity (Wildman–Crippen MR) is 130 cm³/mol. The molecule has 6 nitrogen and oxygen atoms in total. The van der Waals surface area contributed by atoms with Crippen LogP contribution in [0.5, 0.6) is 11.6 Å². The topological polar surface area (TPSA) is 67.8 Å². The van der Waals surface area contributed by atoms with Crippen LogP contribution in [-0.4, -0.2) is 25.1 Å². The van der Waals surface area contributed by atoms with Gasteiger partial charge in [0.25, 0.3) is 0 Å². The van der Waals surface area contributed by atoms with Crippen molar-refractivity contribution < 1.29 is 9.47 Å². The van der Waals surface area contributed by atoms with Gasteiger partial charge in [0.05, 0.1) is 7.11 Å². The molecule has 2 N–H and O–H groups in total. The van der Waals surface area contributed by atoms with Gasteiger partial charge in [0.2, 0.25) is 5.88 Å². The fourth-order valence-electron chi connectivity index (χ4n) is 2.71. The molecule has 30 heavy (non-hydrogen) atoms. The average Bonchev–Trinajstić information content (AvgIpc) is 2.79.